The topological polar surface area (TPSA) is 46.9 Å². The Bertz CT molecular complexity index is 866. The molecule has 0 aliphatic heterocycles. The van der Waals surface area contributed by atoms with Crippen LogP contribution in [0.4, 0.5) is 0 Å². The van der Waals surface area contributed by atoms with Crippen molar-refractivity contribution in [1.82, 2.24) is 15.1 Å². The maximum Gasteiger partial charge on any atom is 0.255 e. The lowest BCUT2D eigenvalue weighted by Gasteiger charge is -2.04. The van der Waals surface area contributed by atoms with Gasteiger partial charge in [-0.15, -0.1) is 6.58 Å². The summed E-state index contributed by atoms with van der Waals surface area (Å²) in [5.41, 5.74) is 4.18. The van der Waals surface area contributed by atoms with E-state index in [4.69, 9.17) is 0 Å². The molecule has 0 saturated carbocycles. The Hall–Kier alpha value is -3.14. The molecule has 1 aromatic heterocycles. The lowest BCUT2D eigenvalue weighted by atomic mass is 10.1. The van der Waals surface area contributed by atoms with Crippen LogP contribution in [0.25, 0.3) is 16.9 Å². The third kappa shape index (κ3) is 3.27. The van der Waals surface area contributed by atoms with Crippen LogP contribution in [-0.2, 0) is 0 Å². The number of para-hydroxylation sites is 1. The number of nitrogens with one attached hydrogen (secondary N) is 1. The van der Waals surface area contributed by atoms with Crippen LogP contribution in [0.3, 0.4) is 0 Å². The van der Waals surface area contributed by atoms with Crippen molar-refractivity contribution in [3.63, 3.8) is 0 Å². The van der Waals surface area contributed by atoms with Gasteiger partial charge in [0.25, 0.3) is 5.91 Å². The Morgan fingerprint density at radius 3 is 2.71 bits per heavy atom. The molecule has 3 aromatic rings. The van der Waals surface area contributed by atoms with Gasteiger partial charge >= 0.3 is 0 Å². The van der Waals surface area contributed by atoms with Crippen LogP contribution in [0.5, 0.6) is 0 Å². The first-order valence-corrected chi connectivity index (χ1v) is 7.80. The predicted octanol–water partition coefficient (Wildman–Crippen LogP) is 3.76. The standard InChI is InChI=1S/C20H19N3O/c1-3-12-21-20(24)18-14-23(17-10-5-4-6-11-17)22-19(18)16-9-7-8-15(2)13-16/h3-11,13-14H,1,12H2,2H3,(H,21,24). The first-order valence-electron chi connectivity index (χ1n) is 7.80. The molecule has 0 saturated heterocycles. The predicted molar refractivity (Wildman–Crippen MR) is 96.3 cm³/mol. The van der Waals surface area contributed by atoms with Crippen LogP contribution in [0, 0.1) is 6.92 Å². The van der Waals surface area contributed by atoms with Crippen LogP contribution in [0.1, 0.15) is 15.9 Å². The average Bonchev–Trinajstić information content (AvgIpc) is 3.06. The van der Waals surface area contributed by atoms with Crippen LogP contribution in [0.2, 0.25) is 0 Å². The molecule has 4 nitrogen and oxygen atoms in total. The molecule has 120 valence electrons. The summed E-state index contributed by atoms with van der Waals surface area (Å²) in [7, 11) is 0. The van der Waals surface area contributed by atoms with E-state index in [1.165, 1.54) is 0 Å². The largest absolute Gasteiger partial charge is 0.348 e. The second-order valence-corrected chi connectivity index (χ2v) is 5.54. The molecule has 2 aromatic carbocycles. The van der Waals surface area contributed by atoms with Gasteiger partial charge in [0, 0.05) is 18.3 Å². The van der Waals surface area contributed by atoms with E-state index in [1.807, 2.05) is 61.5 Å². The summed E-state index contributed by atoms with van der Waals surface area (Å²) < 4.78 is 1.74. The van der Waals surface area contributed by atoms with Crippen LogP contribution >= 0.6 is 0 Å². The Labute approximate surface area is 141 Å². The van der Waals surface area contributed by atoms with Gasteiger partial charge in [-0.05, 0) is 25.1 Å². The first-order chi connectivity index (χ1) is 11.7. The van der Waals surface area contributed by atoms with Gasteiger partial charge in [0.2, 0.25) is 0 Å². The maximum absolute atomic E-state index is 12.5. The molecule has 1 N–H and O–H groups in total. The van der Waals surface area contributed by atoms with E-state index < -0.39 is 0 Å². The highest BCUT2D eigenvalue weighted by Crippen LogP contribution is 2.24. The fourth-order valence-corrected chi connectivity index (χ4v) is 2.52. The maximum atomic E-state index is 12.5. The highest BCUT2D eigenvalue weighted by atomic mass is 16.1. The van der Waals surface area contributed by atoms with E-state index in [9.17, 15) is 4.79 Å². The van der Waals surface area contributed by atoms with E-state index >= 15 is 0 Å². The summed E-state index contributed by atoms with van der Waals surface area (Å²) in [6.45, 7) is 6.08. The number of aromatic nitrogens is 2. The summed E-state index contributed by atoms with van der Waals surface area (Å²) in [5.74, 6) is -0.159. The molecule has 0 fully saturated rings. The summed E-state index contributed by atoms with van der Waals surface area (Å²) in [6.07, 6.45) is 3.43. The van der Waals surface area contributed by atoms with Gasteiger partial charge in [-0.3, -0.25) is 4.79 Å². The second kappa shape index (κ2) is 6.96. The number of carbonyl (C=O) groups is 1. The van der Waals surface area contributed by atoms with Crippen molar-refractivity contribution in [2.24, 2.45) is 0 Å². The van der Waals surface area contributed by atoms with Gasteiger partial charge in [0.15, 0.2) is 0 Å². The summed E-state index contributed by atoms with van der Waals surface area (Å²) in [5, 5.41) is 7.48. The fraction of sp³-hybridized carbons (Fsp3) is 0.100. The summed E-state index contributed by atoms with van der Waals surface area (Å²) >= 11 is 0. The number of nitrogens with zero attached hydrogens (tertiary/aromatic N) is 2. The van der Waals surface area contributed by atoms with E-state index in [-0.39, 0.29) is 5.91 Å². The van der Waals surface area contributed by atoms with E-state index in [0.717, 1.165) is 16.8 Å². The van der Waals surface area contributed by atoms with Gasteiger partial charge in [-0.25, -0.2) is 4.68 Å². The Kier molecular flexibility index (Phi) is 4.57. The SMILES string of the molecule is C=CCNC(=O)c1cn(-c2ccccc2)nc1-c1cccc(C)c1. The highest BCUT2D eigenvalue weighted by molar-refractivity contribution is 6.00. The molecule has 0 unspecified atom stereocenters. The minimum Gasteiger partial charge on any atom is -0.348 e. The summed E-state index contributed by atoms with van der Waals surface area (Å²) in [6, 6.07) is 17.7. The van der Waals surface area contributed by atoms with Crippen molar-refractivity contribution in [1.29, 1.82) is 0 Å². The average molecular weight is 317 g/mol. The van der Waals surface area contributed by atoms with Gasteiger partial charge in [0.1, 0.15) is 5.69 Å². The van der Waals surface area contributed by atoms with Gasteiger partial charge in [-0.2, -0.15) is 5.10 Å². The van der Waals surface area contributed by atoms with Crippen molar-refractivity contribution in [3.05, 3.63) is 84.6 Å². The lowest BCUT2D eigenvalue weighted by Crippen LogP contribution is -2.23. The minimum atomic E-state index is -0.159. The smallest absolute Gasteiger partial charge is 0.255 e. The quantitative estimate of drug-likeness (QED) is 0.728. The molecule has 4 heteroatoms. The molecule has 0 bridgehead atoms. The van der Waals surface area contributed by atoms with E-state index in [2.05, 4.69) is 17.0 Å². The van der Waals surface area contributed by atoms with Gasteiger partial charge < -0.3 is 5.32 Å². The molecular weight excluding hydrogens is 298 g/mol. The monoisotopic (exact) mass is 317 g/mol. The molecule has 0 spiro atoms. The molecule has 0 aliphatic rings. The molecule has 1 amide bonds. The molecule has 0 atom stereocenters. The Morgan fingerprint density at radius 1 is 1.21 bits per heavy atom. The number of hydrogen-bond donors (Lipinski definition) is 1. The van der Waals surface area contributed by atoms with Crippen LogP contribution < -0.4 is 5.32 Å². The molecule has 0 radical (unpaired) electrons. The Morgan fingerprint density at radius 2 is 2.00 bits per heavy atom. The zero-order valence-corrected chi connectivity index (χ0v) is 13.6. The van der Waals surface area contributed by atoms with Crippen LogP contribution in [0.15, 0.2) is 73.4 Å². The van der Waals surface area contributed by atoms with Crippen molar-refractivity contribution >= 4 is 5.91 Å². The molecule has 24 heavy (non-hydrogen) atoms. The van der Waals surface area contributed by atoms with Gasteiger partial charge in [0.05, 0.1) is 11.3 Å². The van der Waals surface area contributed by atoms with Crippen molar-refractivity contribution in [2.75, 3.05) is 6.54 Å². The molecule has 0 aliphatic carbocycles. The third-order valence-corrected chi connectivity index (χ3v) is 3.68. The van der Waals surface area contributed by atoms with E-state index in [1.54, 1.807) is 17.0 Å². The number of carbonyl (C=O) groups excluding carboxylic acids is 1. The normalized spacial score (nSPS) is 10.4. The van der Waals surface area contributed by atoms with E-state index in [0.29, 0.717) is 17.8 Å². The third-order valence-electron chi connectivity index (χ3n) is 3.68. The second-order valence-electron chi connectivity index (χ2n) is 5.54. The summed E-state index contributed by atoms with van der Waals surface area (Å²) in [4.78, 5) is 12.5. The van der Waals surface area contributed by atoms with Crippen molar-refractivity contribution in [3.8, 4) is 16.9 Å². The zero-order valence-electron chi connectivity index (χ0n) is 13.6. The number of rotatable bonds is 5. The first kappa shape index (κ1) is 15.7. The van der Waals surface area contributed by atoms with Crippen molar-refractivity contribution in [2.45, 2.75) is 6.92 Å². The number of aryl methyl sites for hydroxylation is 1. The molecule has 3 rings (SSSR count). The number of benzene rings is 2. The highest BCUT2D eigenvalue weighted by Gasteiger charge is 2.18. The molecule has 1 heterocycles. The fourth-order valence-electron chi connectivity index (χ4n) is 2.52. The van der Waals surface area contributed by atoms with Crippen molar-refractivity contribution < 1.29 is 4.79 Å². The minimum absolute atomic E-state index is 0.159. The zero-order chi connectivity index (χ0) is 16.9. The molecular formula is C20H19N3O. The number of amides is 1. The number of hydrogen-bond acceptors (Lipinski definition) is 2. The van der Waals surface area contributed by atoms with Gasteiger partial charge in [-0.1, -0.05) is 48.0 Å². The van der Waals surface area contributed by atoms with Crippen LogP contribution in [-0.4, -0.2) is 22.2 Å². The Balaban J connectivity index is 2.09. The lowest BCUT2D eigenvalue weighted by molar-refractivity contribution is 0.0958.